The van der Waals surface area contributed by atoms with E-state index < -0.39 is 41.1 Å². The van der Waals surface area contributed by atoms with E-state index in [9.17, 15) is 33.6 Å². The van der Waals surface area contributed by atoms with Crippen LogP contribution >= 0.6 is 0 Å². The zero-order valence-corrected chi connectivity index (χ0v) is 21.6. The summed E-state index contributed by atoms with van der Waals surface area (Å²) >= 11 is 0. The van der Waals surface area contributed by atoms with Crippen LogP contribution in [0.1, 0.15) is 55.7 Å². The fourth-order valence-corrected chi connectivity index (χ4v) is 4.15. The number of halogens is 1. The van der Waals surface area contributed by atoms with E-state index in [1.807, 2.05) is 6.07 Å². The van der Waals surface area contributed by atoms with Crippen LogP contribution in [-0.4, -0.2) is 38.6 Å². The molecule has 1 atom stereocenters. The van der Waals surface area contributed by atoms with Gasteiger partial charge in [0.2, 0.25) is 11.7 Å². The highest BCUT2D eigenvalue weighted by molar-refractivity contribution is 5.99. The molecule has 2 aromatic heterocycles. The minimum absolute atomic E-state index is 0.0964. The monoisotopic (exact) mass is 570 g/mol. The van der Waals surface area contributed by atoms with Crippen LogP contribution in [0.3, 0.4) is 0 Å². The standard InChI is InChI=1S/C29H19FN4O8/c30-21-16-33(24-10-5-11-40-24)29(39)34(26(21)36)25(35)18-8-4-9-19(12-18)28(38)42-23-13-22(20(14-31)15-32-23)41-27(37)17-6-2-1-3-7-17/h1-4,6-9,12-13,15-16,24H,5,10-11H2. The molecule has 1 aliphatic rings. The topological polar surface area (TPSA) is 160 Å². The molecule has 0 N–H and O–H groups in total. The molecule has 0 saturated carbocycles. The molecular formula is C29H19FN4O8. The predicted octanol–water partition coefficient (Wildman–Crippen LogP) is 2.85. The van der Waals surface area contributed by atoms with Gasteiger partial charge in [0.25, 0.3) is 11.5 Å². The SMILES string of the molecule is N#Cc1cnc(OC(=O)c2cccc(C(=O)n3c(=O)c(F)cn(C4CCCO4)c3=O)c2)cc1OC(=O)c1ccccc1. The summed E-state index contributed by atoms with van der Waals surface area (Å²) in [6.45, 7) is 0.334. The van der Waals surface area contributed by atoms with Crippen molar-refractivity contribution in [1.82, 2.24) is 14.1 Å². The lowest BCUT2D eigenvalue weighted by Crippen LogP contribution is -2.46. The maximum atomic E-state index is 14.4. The number of nitriles is 1. The smallest absolute Gasteiger partial charge is 0.344 e. The lowest BCUT2D eigenvalue weighted by molar-refractivity contribution is 0.0501. The van der Waals surface area contributed by atoms with E-state index in [1.54, 1.807) is 18.2 Å². The van der Waals surface area contributed by atoms with Crippen molar-refractivity contribution in [3.05, 3.63) is 122 Å². The van der Waals surface area contributed by atoms with Crippen LogP contribution in [0.2, 0.25) is 0 Å². The summed E-state index contributed by atoms with van der Waals surface area (Å²) in [4.78, 5) is 67.8. The molecule has 12 nitrogen and oxygen atoms in total. The minimum Gasteiger partial charge on any atom is -0.421 e. The second-order valence-corrected chi connectivity index (χ2v) is 8.94. The van der Waals surface area contributed by atoms with Gasteiger partial charge < -0.3 is 14.2 Å². The number of ether oxygens (including phenoxy) is 3. The largest absolute Gasteiger partial charge is 0.421 e. The Morgan fingerprint density at radius 2 is 1.69 bits per heavy atom. The van der Waals surface area contributed by atoms with E-state index in [4.69, 9.17) is 14.2 Å². The third-order valence-electron chi connectivity index (χ3n) is 6.21. The number of aromatic nitrogens is 3. The first-order valence-corrected chi connectivity index (χ1v) is 12.5. The van der Waals surface area contributed by atoms with Crippen molar-refractivity contribution < 1.29 is 33.0 Å². The maximum absolute atomic E-state index is 14.4. The van der Waals surface area contributed by atoms with E-state index >= 15 is 0 Å². The van der Waals surface area contributed by atoms with Gasteiger partial charge in [-0.1, -0.05) is 24.3 Å². The van der Waals surface area contributed by atoms with Crippen LogP contribution in [0, 0.1) is 17.1 Å². The second kappa shape index (κ2) is 11.8. The zero-order valence-electron chi connectivity index (χ0n) is 21.6. The van der Waals surface area contributed by atoms with Crippen molar-refractivity contribution in [2.75, 3.05) is 6.61 Å². The number of carbonyl (C=O) groups excluding carboxylic acids is 3. The predicted molar refractivity (Wildman–Crippen MR) is 141 cm³/mol. The highest BCUT2D eigenvalue weighted by atomic mass is 19.1. The van der Waals surface area contributed by atoms with E-state index in [-0.39, 0.29) is 38.5 Å². The average molecular weight is 570 g/mol. The average Bonchev–Trinajstić information content (AvgIpc) is 3.54. The lowest BCUT2D eigenvalue weighted by Gasteiger charge is -2.15. The molecule has 42 heavy (non-hydrogen) atoms. The summed E-state index contributed by atoms with van der Waals surface area (Å²) in [6.07, 6.45) is 1.93. The molecule has 5 rings (SSSR count). The normalized spacial score (nSPS) is 14.1. The number of rotatable bonds is 6. The summed E-state index contributed by atoms with van der Waals surface area (Å²) < 4.78 is 31.3. The molecule has 1 saturated heterocycles. The molecule has 2 aromatic carbocycles. The molecule has 0 bridgehead atoms. The number of pyridine rings is 1. The maximum Gasteiger partial charge on any atom is 0.344 e. The van der Waals surface area contributed by atoms with Crippen molar-refractivity contribution in [1.29, 1.82) is 5.26 Å². The van der Waals surface area contributed by atoms with Crippen LogP contribution in [0.15, 0.2) is 82.6 Å². The summed E-state index contributed by atoms with van der Waals surface area (Å²) in [7, 11) is 0. The Balaban J connectivity index is 1.39. The van der Waals surface area contributed by atoms with Gasteiger partial charge in [0.05, 0.1) is 23.5 Å². The van der Waals surface area contributed by atoms with Crippen LogP contribution in [0.25, 0.3) is 0 Å². The van der Waals surface area contributed by atoms with Gasteiger partial charge in [0.1, 0.15) is 17.9 Å². The van der Waals surface area contributed by atoms with E-state index in [0.717, 1.165) is 22.9 Å². The van der Waals surface area contributed by atoms with Gasteiger partial charge in [-0.2, -0.15) is 14.2 Å². The van der Waals surface area contributed by atoms with Crippen molar-refractivity contribution in [2.45, 2.75) is 19.1 Å². The molecule has 4 aromatic rings. The Labute approximate surface area is 235 Å². The van der Waals surface area contributed by atoms with Crippen molar-refractivity contribution >= 4 is 17.8 Å². The Morgan fingerprint density at radius 3 is 2.40 bits per heavy atom. The molecule has 0 spiro atoms. The van der Waals surface area contributed by atoms with Gasteiger partial charge in [-0.05, 0) is 43.2 Å². The highest BCUT2D eigenvalue weighted by Crippen LogP contribution is 2.24. The fraction of sp³-hybridized carbons (Fsp3) is 0.138. The van der Waals surface area contributed by atoms with Crippen LogP contribution in [0.4, 0.5) is 4.39 Å². The molecule has 1 unspecified atom stereocenters. The first-order chi connectivity index (χ1) is 20.3. The van der Waals surface area contributed by atoms with E-state index in [0.29, 0.717) is 25.6 Å². The van der Waals surface area contributed by atoms with Gasteiger partial charge in [-0.25, -0.2) is 19.4 Å². The Morgan fingerprint density at radius 1 is 0.976 bits per heavy atom. The molecule has 3 heterocycles. The minimum atomic E-state index is -1.45. The third-order valence-corrected chi connectivity index (χ3v) is 6.21. The van der Waals surface area contributed by atoms with Gasteiger partial charge in [-0.15, -0.1) is 0 Å². The fourth-order valence-electron chi connectivity index (χ4n) is 4.15. The van der Waals surface area contributed by atoms with Gasteiger partial charge >= 0.3 is 17.6 Å². The van der Waals surface area contributed by atoms with Crippen LogP contribution < -0.4 is 20.7 Å². The number of hydrogen-bond acceptors (Lipinski definition) is 10. The van der Waals surface area contributed by atoms with E-state index in [2.05, 4.69) is 4.98 Å². The Bertz CT molecular complexity index is 1870. The first kappa shape index (κ1) is 27.8. The summed E-state index contributed by atoms with van der Waals surface area (Å²) in [5.41, 5.74) is -2.88. The molecule has 0 amide bonds. The van der Waals surface area contributed by atoms with Crippen molar-refractivity contribution in [3.8, 4) is 17.7 Å². The summed E-state index contributed by atoms with van der Waals surface area (Å²) in [6, 6.07) is 15.8. The Hall–Kier alpha value is -5.74. The van der Waals surface area contributed by atoms with Gasteiger partial charge in [0.15, 0.2) is 5.75 Å². The van der Waals surface area contributed by atoms with Crippen molar-refractivity contribution in [2.24, 2.45) is 0 Å². The number of benzene rings is 2. The Kier molecular flexibility index (Phi) is 7.80. The quantitative estimate of drug-likeness (QED) is 0.315. The molecular weight excluding hydrogens is 551 g/mol. The lowest BCUT2D eigenvalue weighted by atomic mass is 10.1. The van der Waals surface area contributed by atoms with Crippen molar-refractivity contribution in [3.63, 3.8) is 0 Å². The molecule has 210 valence electrons. The van der Waals surface area contributed by atoms with Crippen LogP contribution in [0.5, 0.6) is 11.6 Å². The number of esters is 2. The second-order valence-electron chi connectivity index (χ2n) is 8.94. The zero-order chi connectivity index (χ0) is 29.8. The van der Waals surface area contributed by atoms with Gasteiger partial charge in [-0.3, -0.25) is 14.2 Å². The molecule has 1 aliphatic heterocycles. The van der Waals surface area contributed by atoms with Crippen LogP contribution in [-0.2, 0) is 4.74 Å². The molecule has 0 radical (unpaired) electrons. The number of carbonyl (C=O) groups is 3. The molecule has 13 heteroatoms. The first-order valence-electron chi connectivity index (χ1n) is 12.5. The summed E-state index contributed by atoms with van der Waals surface area (Å²) in [5.74, 6) is -4.80. The number of hydrogen-bond donors (Lipinski definition) is 0. The highest BCUT2D eigenvalue weighted by Gasteiger charge is 2.26. The van der Waals surface area contributed by atoms with Gasteiger partial charge in [0, 0.05) is 18.2 Å². The van der Waals surface area contributed by atoms with E-state index in [1.165, 1.54) is 30.3 Å². The molecule has 1 fully saturated rings. The third kappa shape index (κ3) is 5.60. The summed E-state index contributed by atoms with van der Waals surface area (Å²) in [5, 5.41) is 9.36. The molecule has 0 aliphatic carbocycles. The number of nitrogens with zero attached hydrogens (tertiary/aromatic N) is 4.